The number of carbonyl (C=O) groups is 3. The van der Waals surface area contributed by atoms with Gasteiger partial charge >= 0.3 is 17.9 Å². The fourth-order valence-electron chi connectivity index (χ4n) is 3.17. The Kier molecular flexibility index (Phi) is 6.38. The van der Waals surface area contributed by atoms with Crippen molar-refractivity contribution in [1.82, 2.24) is 0 Å². The number of furan rings is 1. The normalized spacial score (nSPS) is 17.3. The molecule has 0 amide bonds. The minimum Gasteiger partial charge on any atom is -0.458 e. The van der Waals surface area contributed by atoms with Gasteiger partial charge in [0, 0.05) is 12.8 Å². The first-order valence-corrected chi connectivity index (χ1v) is 9.83. The summed E-state index contributed by atoms with van der Waals surface area (Å²) in [6.45, 7) is 1.39. The first kappa shape index (κ1) is 21.7. The van der Waals surface area contributed by atoms with Gasteiger partial charge in [-0.25, -0.2) is 9.59 Å². The van der Waals surface area contributed by atoms with Gasteiger partial charge in [0.15, 0.2) is 11.5 Å². The highest BCUT2D eigenvalue weighted by molar-refractivity contribution is 6.31. The van der Waals surface area contributed by atoms with Crippen LogP contribution >= 0.6 is 0 Å². The van der Waals surface area contributed by atoms with E-state index in [2.05, 4.69) is 21.6 Å². The second kappa shape index (κ2) is 8.81. The molecule has 0 saturated carbocycles. The maximum absolute atomic E-state index is 12.3. The summed E-state index contributed by atoms with van der Waals surface area (Å²) in [7, 11) is 0. The minimum absolute atomic E-state index is 0.0717. The van der Waals surface area contributed by atoms with E-state index in [4.69, 9.17) is 10.2 Å². The van der Waals surface area contributed by atoms with Crippen LogP contribution in [0.2, 0.25) is 0 Å². The van der Waals surface area contributed by atoms with E-state index < -0.39 is 23.5 Å². The Morgan fingerprint density at radius 1 is 1.03 bits per heavy atom. The first-order chi connectivity index (χ1) is 14.2. The van der Waals surface area contributed by atoms with E-state index in [1.165, 1.54) is 12.5 Å². The minimum atomic E-state index is -2.54. The molecule has 1 aliphatic heterocycles. The van der Waals surface area contributed by atoms with Crippen molar-refractivity contribution >= 4 is 17.7 Å². The van der Waals surface area contributed by atoms with E-state index in [0.29, 0.717) is 12.2 Å². The molecule has 2 heterocycles. The van der Waals surface area contributed by atoms with Gasteiger partial charge in [-0.2, -0.15) is 0 Å². The number of hydrogen-bond acceptors (Lipinski definition) is 8. The number of nitrogens with two attached hydrogens (primary N) is 1. The molecule has 3 rings (SSSR count). The number of carbonyl (C=O) groups excluding carboxylic acids is 3. The molecule has 1 aromatic carbocycles. The molecular formula is C22H25NO7. The van der Waals surface area contributed by atoms with Crippen LogP contribution in [-0.2, 0) is 31.9 Å². The SMILES string of the molecule is C[C@@](N)(CCc1ccc(C(=O)CCCCc2ccccc2)o1)C1(O)OC(=O)C(=O)O1. The zero-order valence-electron chi connectivity index (χ0n) is 16.8. The Morgan fingerprint density at radius 2 is 1.70 bits per heavy atom. The van der Waals surface area contributed by atoms with Gasteiger partial charge in [0.1, 0.15) is 11.3 Å². The van der Waals surface area contributed by atoms with Crippen molar-refractivity contribution in [2.24, 2.45) is 5.73 Å². The Hall–Kier alpha value is -2.97. The summed E-state index contributed by atoms with van der Waals surface area (Å²) in [6, 6.07) is 13.4. The van der Waals surface area contributed by atoms with Crippen LogP contribution in [0.25, 0.3) is 0 Å². The third kappa shape index (κ3) is 4.95. The Labute approximate surface area is 174 Å². The Morgan fingerprint density at radius 3 is 2.37 bits per heavy atom. The third-order valence-corrected chi connectivity index (χ3v) is 5.14. The van der Waals surface area contributed by atoms with Crippen LogP contribution in [-0.4, -0.2) is 34.3 Å². The van der Waals surface area contributed by atoms with Crippen molar-refractivity contribution in [2.75, 3.05) is 0 Å². The topological polar surface area (TPSA) is 129 Å². The van der Waals surface area contributed by atoms with Gasteiger partial charge < -0.3 is 24.7 Å². The fraction of sp³-hybridized carbons (Fsp3) is 0.409. The van der Waals surface area contributed by atoms with Gasteiger partial charge in [-0.3, -0.25) is 4.79 Å². The van der Waals surface area contributed by atoms with E-state index >= 15 is 0 Å². The summed E-state index contributed by atoms with van der Waals surface area (Å²) >= 11 is 0. The highest BCUT2D eigenvalue weighted by atomic mass is 16.9. The smallest absolute Gasteiger partial charge is 0.422 e. The van der Waals surface area contributed by atoms with Crippen LogP contribution in [0.3, 0.4) is 0 Å². The lowest BCUT2D eigenvalue weighted by Crippen LogP contribution is -2.60. The van der Waals surface area contributed by atoms with E-state index in [9.17, 15) is 19.5 Å². The van der Waals surface area contributed by atoms with Gasteiger partial charge in [0.2, 0.25) is 0 Å². The standard InChI is InChI=1S/C22H25NO7/c1-21(23,22(27)29-19(25)20(26)30-22)14-13-16-11-12-18(28-16)17(24)10-6-5-9-15-7-3-2-4-8-15/h2-4,7-8,11-12,27H,5-6,9-10,13-14,23H2,1H3/t21-/m1/s1. The number of rotatable bonds is 10. The fourth-order valence-corrected chi connectivity index (χ4v) is 3.17. The lowest BCUT2D eigenvalue weighted by atomic mass is 9.93. The summed E-state index contributed by atoms with van der Waals surface area (Å²) in [6.07, 6.45) is 3.29. The first-order valence-electron chi connectivity index (χ1n) is 9.83. The molecule has 3 N–H and O–H groups in total. The van der Waals surface area contributed by atoms with Crippen molar-refractivity contribution in [1.29, 1.82) is 0 Å². The number of Topliss-reactive ketones (excluding diaryl/α,β-unsaturated/α-hetero) is 1. The molecule has 0 aliphatic carbocycles. The number of unbranched alkanes of at least 4 members (excludes halogenated alkanes) is 1. The molecule has 8 nitrogen and oxygen atoms in total. The average Bonchev–Trinajstić information content (AvgIpc) is 3.29. The lowest BCUT2D eigenvalue weighted by molar-refractivity contribution is -0.324. The van der Waals surface area contributed by atoms with Gasteiger partial charge in [0.25, 0.3) is 0 Å². The maximum Gasteiger partial charge on any atom is 0.422 e. The summed E-state index contributed by atoms with van der Waals surface area (Å²) in [5, 5.41) is 10.2. The molecule has 1 fully saturated rings. The van der Waals surface area contributed by atoms with Crippen LogP contribution in [0.4, 0.5) is 0 Å². The third-order valence-electron chi connectivity index (χ3n) is 5.14. The van der Waals surface area contributed by atoms with Crippen molar-refractivity contribution in [2.45, 2.75) is 57.0 Å². The Bertz CT molecular complexity index is 901. The molecule has 0 bridgehead atoms. The second-order valence-electron chi connectivity index (χ2n) is 7.66. The molecule has 1 aromatic heterocycles. The van der Waals surface area contributed by atoms with E-state index in [1.807, 2.05) is 18.2 Å². The number of cyclic esters (lactones) is 2. The highest BCUT2D eigenvalue weighted by Crippen LogP contribution is 2.32. The van der Waals surface area contributed by atoms with Crippen LogP contribution < -0.4 is 5.73 Å². The molecule has 1 atom stereocenters. The summed E-state index contributed by atoms with van der Waals surface area (Å²) in [4.78, 5) is 34.7. The molecule has 0 radical (unpaired) electrons. The number of benzene rings is 1. The van der Waals surface area contributed by atoms with E-state index in [-0.39, 0.29) is 24.4 Å². The monoisotopic (exact) mass is 415 g/mol. The van der Waals surface area contributed by atoms with Crippen LogP contribution in [0.5, 0.6) is 0 Å². The molecule has 30 heavy (non-hydrogen) atoms. The molecular weight excluding hydrogens is 390 g/mol. The number of ketones is 1. The highest BCUT2D eigenvalue weighted by Gasteiger charge is 2.58. The number of aryl methyl sites for hydroxylation is 2. The summed E-state index contributed by atoms with van der Waals surface area (Å²) in [5.74, 6) is -4.47. The second-order valence-corrected chi connectivity index (χ2v) is 7.66. The largest absolute Gasteiger partial charge is 0.458 e. The van der Waals surface area contributed by atoms with Crippen molar-refractivity contribution < 1.29 is 33.4 Å². The zero-order valence-corrected chi connectivity index (χ0v) is 16.8. The predicted molar refractivity (Wildman–Crippen MR) is 105 cm³/mol. The number of aliphatic hydroxyl groups is 1. The summed E-state index contributed by atoms with van der Waals surface area (Å²) < 4.78 is 14.8. The van der Waals surface area contributed by atoms with Gasteiger partial charge in [0.05, 0.1) is 0 Å². The number of esters is 2. The molecule has 160 valence electrons. The quantitative estimate of drug-likeness (QED) is 0.262. The summed E-state index contributed by atoms with van der Waals surface area (Å²) in [5.41, 5.74) is 5.69. The van der Waals surface area contributed by atoms with Crippen molar-refractivity contribution in [3.05, 3.63) is 59.5 Å². The maximum atomic E-state index is 12.3. The van der Waals surface area contributed by atoms with Crippen molar-refractivity contribution in [3.63, 3.8) is 0 Å². The van der Waals surface area contributed by atoms with Crippen LogP contribution in [0.15, 0.2) is 46.9 Å². The van der Waals surface area contributed by atoms with Crippen molar-refractivity contribution in [3.8, 4) is 0 Å². The molecule has 0 spiro atoms. The van der Waals surface area contributed by atoms with Gasteiger partial charge in [-0.15, -0.1) is 0 Å². The molecule has 1 saturated heterocycles. The molecule has 1 aliphatic rings. The average molecular weight is 415 g/mol. The molecule has 0 unspecified atom stereocenters. The van der Waals surface area contributed by atoms with E-state index in [0.717, 1.165) is 19.3 Å². The number of ether oxygens (including phenoxy) is 2. The predicted octanol–water partition coefficient (Wildman–Crippen LogP) is 2.27. The Balaban J connectivity index is 1.46. The van der Waals surface area contributed by atoms with Crippen LogP contribution in [0, 0.1) is 0 Å². The zero-order chi connectivity index (χ0) is 21.8. The number of hydrogen-bond donors (Lipinski definition) is 2. The molecule has 2 aromatic rings. The van der Waals surface area contributed by atoms with Crippen LogP contribution in [0.1, 0.15) is 54.5 Å². The van der Waals surface area contributed by atoms with Gasteiger partial charge in [-0.05, 0) is 50.3 Å². The molecule has 8 heteroatoms. The lowest BCUT2D eigenvalue weighted by Gasteiger charge is -2.34. The van der Waals surface area contributed by atoms with Gasteiger partial charge in [-0.1, -0.05) is 30.3 Å². The van der Waals surface area contributed by atoms with E-state index in [1.54, 1.807) is 12.1 Å².